The fraction of sp³-hybridized carbons (Fsp3) is 0.484. The van der Waals surface area contributed by atoms with E-state index in [9.17, 15) is 39.6 Å². The lowest BCUT2D eigenvalue weighted by molar-refractivity contribution is -0.247. The molecule has 6 N–H and O–H groups in total. The summed E-state index contributed by atoms with van der Waals surface area (Å²) in [4.78, 5) is 52.7. The van der Waals surface area contributed by atoms with Gasteiger partial charge in [-0.15, -0.1) is 0 Å². The van der Waals surface area contributed by atoms with E-state index in [4.69, 9.17) is 24.7 Å². The maximum Gasteiger partial charge on any atom is 0.306 e. The molecule has 6 atom stereocenters. The third kappa shape index (κ3) is 5.24. The molecule has 5 rings (SSSR count). The third-order valence-corrected chi connectivity index (χ3v) is 8.48. The molecule has 0 saturated carbocycles. The summed E-state index contributed by atoms with van der Waals surface area (Å²) in [6.45, 7) is 2.56. The number of aromatic hydroxyl groups is 2. The Morgan fingerprint density at radius 2 is 1.82 bits per heavy atom. The Balaban J connectivity index is 1.62. The van der Waals surface area contributed by atoms with E-state index in [1.165, 1.54) is 25.3 Å². The highest BCUT2D eigenvalue weighted by Crippen LogP contribution is 2.52. The molecule has 13 nitrogen and oxygen atoms in total. The zero-order valence-corrected chi connectivity index (χ0v) is 24.5. The van der Waals surface area contributed by atoms with Gasteiger partial charge < -0.3 is 45.1 Å². The monoisotopic (exact) mass is 613 g/mol. The molecule has 0 spiro atoms. The van der Waals surface area contributed by atoms with Crippen molar-refractivity contribution in [3.8, 4) is 17.2 Å². The van der Waals surface area contributed by atoms with Gasteiger partial charge in [-0.2, -0.15) is 0 Å². The van der Waals surface area contributed by atoms with E-state index in [-0.39, 0.29) is 40.8 Å². The average molecular weight is 614 g/mol. The zero-order valence-electron chi connectivity index (χ0n) is 24.5. The van der Waals surface area contributed by atoms with Crippen LogP contribution in [0.5, 0.6) is 17.2 Å². The van der Waals surface area contributed by atoms with E-state index in [0.717, 1.165) is 0 Å². The van der Waals surface area contributed by atoms with Crippen LogP contribution in [-0.2, 0) is 30.2 Å². The lowest BCUT2D eigenvalue weighted by atomic mass is 9.72. The van der Waals surface area contributed by atoms with Crippen LogP contribution in [0.2, 0.25) is 0 Å². The molecule has 0 aromatic heterocycles. The second kappa shape index (κ2) is 11.9. The molecule has 1 heterocycles. The minimum atomic E-state index is -2.28. The van der Waals surface area contributed by atoms with E-state index >= 15 is 0 Å². The maximum absolute atomic E-state index is 13.8. The average Bonchev–Trinajstić information content (AvgIpc) is 2.98. The van der Waals surface area contributed by atoms with Crippen molar-refractivity contribution in [3.63, 3.8) is 0 Å². The molecular weight excluding hydrogens is 578 g/mol. The number of ether oxygens (including phenoxy) is 4. The summed E-state index contributed by atoms with van der Waals surface area (Å²) in [7, 11) is 1.32. The molecule has 2 unspecified atom stereocenters. The Hall–Kier alpha value is -3.88. The fourth-order valence-electron chi connectivity index (χ4n) is 6.16. The Kier molecular flexibility index (Phi) is 8.53. The molecule has 44 heavy (non-hydrogen) atoms. The van der Waals surface area contributed by atoms with E-state index < -0.39 is 102 Å². The minimum Gasteiger partial charge on any atom is -0.507 e. The van der Waals surface area contributed by atoms with E-state index in [0.29, 0.717) is 6.42 Å². The van der Waals surface area contributed by atoms with Crippen molar-refractivity contribution >= 4 is 23.3 Å². The van der Waals surface area contributed by atoms with Gasteiger partial charge in [0.2, 0.25) is 11.6 Å². The van der Waals surface area contributed by atoms with Crippen molar-refractivity contribution in [2.45, 2.75) is 82.2 Å². The number of aliphatic hydroxyl groups is 2. The number of benzene rings is 2. The second-order valence-corrected chi connectivity index (χ2v) is 11.4. The number of ketones is 3. The summed E-state index contributed by atoms with van der Waals surface area (Å²) < 4.78 is 22.2. The van der Waals surface area contributed by atoms with Crippen LogP contribution in [0, 0.1) is 0 Å². The lowest BCUT2D eigenvalue weighted by Gasteiger charge is -2.42. The molecule has 1 aliphatic heterocycles. The Morgan fingerprint density at radius 3 is 2.48 bits per heavy atom. The normalized spacial score (nSPS) is 27.6. The highest BCUT2D eigenvalue weighted by Gasteiger charge is 2.50. The molecule has 1 saturated heterocycles. The molecule has 2 aromatic carbocycles. The molecule has 0 amide bonds. The molecular formula is C31H35NO12. The molecule has 13 heteroatoms. The van der Waals surface area contributed by atoms with Gasteiger partial charge in [-0.3, -0.25) is 19.2 Å². The van der Waals surface area contributed by atoms with Gasteiger partial charge in [0, 0.05) is 48.4 Å². The van der Waals surface area contributed by atoms with Crippen molar-refractivity contribution in [1.29, 1.82) is 0 Å². The second-order valence-electron chi connectivity index (χ2n) is 11.4. The Bertz CT molecular complexity index is 1520. The van der Waals surface area contributed by atoms with Crippen molar-refractivity contribution in [3.05, 3.63) is 51.6 Å². The number of phenols is 2. The number of rotatable bonds is 8. The smallest absolute Gasteiger partial charge is 0.306 e. The summed E-state index contributed by atoms with van der Waals surface area (Å²) in [6.07, 6.45) is -4.75. The first-order valence-corrected chi connectivity index (χ1v) is 14.4. The molecule has 2 aliphatic carbocycles. The van der Waals surface area contributed by atoms with Crippen LogP contribution in [-0.4, -0.2) is 87.6 Å². The van der Waals surface area contributed by atoms with Gasteiger partial charge in [0.25, 0.3) is 0 Å². The number of nitrogens with two attached hydrogens (primary N) is 1. The third-order valence-electron chi connectivity index (χ3n) is 8.48. The Labute approximate surface area is 252 Å². The van der Waals surface area contributed by atoms with Gasteiger partial charge in [0.1, 0.15) is 22.8 Å². The summed E-state index contributed by atoms with van der Waals surface area (Å²) in [5.74, 6) is -4.41. The van der Waals surface area contributed by atoms with E-state index in [1.807, 2.05) is 0 Å². The first-order chi connectivity index (χ1) is 20.8. The number of carbonyl (C=O) groups is 4. The van der Waals surface area contributed by atoms with Gasteiger partial charge in [-0.25, -0.2) is 0 Å². The standard InChI is InChI=1S/C31H35NO12/c1-4-6-20(34)42-12-19(33)31(40)10-15-23(18(11-31)44-21-9-16(32)26(35)13(2)43-21)30(39)25-24(28(15)37)27(36)14-7-5-8-17(41-3)22(14)29(25)38/h5,7-8,13,16,18,21,26,35,37,39-40H,4,6,9-12,32H2,1-3H3/t13?,16-,18-,21-,26?,31-/m0/s1. The minimum absolute atomic E-state index is 0.00196. The highest BCUT2D eigenvalue weighted by atomic mass is 16.7. The summed E-state index contributed by atoms with van der Waals surface area (Å²) >= 11 is 0. The number of methoxy groups -OCH3 is 1. The number of Topliss-reactive ketones (excluding diaryl/α,β-unsaturated/α-hetero) is 1. The van der Waals surface area contributed by atoms with Crippen LogP contribution in [0.4, 0.5) is 0 Å². The number of phenolic OH excluding ortho intramolecular Hbond substituents is 2. The van der Waals surface area contributed by atoms with Gasteiger partial charge in [-0.05, 0) is 19.4 Å². The number of fused-ring (bicyclic) bond motifs is 3. The topological polar surface area (TPSA) is 212 Å². The van der Waals surface area contributed by atoms with Crippen LogP contribution in [0.15, 0.2) is 18.2 Å². The largest absolute Gasteiger partial charge is 0.507 e. The highest BCUT2D eigenvalue weighted by molar-refractivity contribution is 6.31. The molecule has 1 fully saturated rings. The molecule has 0 radical (unpaired) electrons. The van der Waals surface area contributed by atoms with Gasteiger partial charge in [0.15, 0.2) is 18.7 Å². The van der Waals surface area contributed by atoms with Gasteiger partial charge in [-0.1, -0.05) is 19.1 Å². The number of carbonyl (C=O) groups excluding carboxylic acids is 4. The number of esters is 1. The molecule has 2 aromatic rings. The van der Waals surface area contributed by atoms with Gasteiger partial charge in [0.05, 0.1) is 42.1 Å². The van der Waals surface area contributed by atoms with Gasteiger partial charge >= 0.3 is 5.97 Å². The van der Waals surface area contributed by atoms with Crippen LogP contribution in [0.1, 0.15) is 88.6 Å². The van der Waals surface area contributed by atoms with E-state index in [1.54, 1.807) is 13.8 Å². The fourth-order valence-corrected chi connectivity index (χ4v) is 6.16. The number of hydrogen-bond acceptors (Lipinski definition) is 13. The first kappa shape index (κ1) is 31.5. The zero-order chi connectivity index (χ0) is 32.1. The van der Waals surface area contributed by atoms with Crippen molar-refractivity contribution in [2.24, 2.45) is 5.73 Å². The van der Waals surface area contributed by atoms with Crippen molar-refractivity contribution in [1.82, 2.24) is 0 Å². The van der Waals surface area contributed by atoms with Crippen LogP contribution in [0.25, 0.3) is 0 Å². The van der Waals surface area contributed by atoms with Crippen molar-refractivity contribution in [2.75, 3.05) is 13.7 Å². The number of aliphatic hydroxyl groups excluding tert-OH is 1. The summed E-state index contributed by atoms with van der Waals surface area (Å²) in [5.41, 5.74) is 2.31. The molecule has 0 bridgehead atoms. The predicted molar refractivity (Wildman–Crippen MR) is 151 cm³/mol. The predicted octanol–water partition coefficient (Wildman–Crippen LogP) is 1.35. The lowest BCUT2D eigenvalue weighted by Crippen LogP contribution is -2.53. The van der Waals surface area contributed by atoms with Crippen LogP contribution < -0.4 is 10.5 Å². The molecule has 3 aliphatic rings. The summed E-state index contributed by atoms with van der Waals surface area (Å²) in [5, 5.41) is 45.0. The quantitative estimate of drug-likeness (QED) is 0.180. The van der Waals surface area contributed by atoms with Crippen LogP contribution in [0.3, 0.4) is 0 Å². The maximum atomic E-state index is 13.8. The molecule has 236 valence electrons. The SMILES string of the molecule is CCCC(=O)OCC(=O)[C@]1(O)Cc2c(O)c3c(c(O)c2[C@@H](O[C@H]2C[C@H](N)C(O)C(C)O2)C1)C(=O)c1c(OC)cccc1C3=O. The first-order valence-electron chi connectivity index (χ1n) is 14.4. The van der Waals surface area contributed by atoms with Crippen molar-refractivity contribution < 1.29 is 58.6 Å². The van der Waals surface area contributed by atoms with E-state index in [2.05, 4.69) is 0 Å². The summed E-state index contributed by atoms with van der Waals surface area (Å²) in [6, 6.07) is 3.61. The Morgan fingerprint density at radius 1 is 1.11 bits per heavy atom. The van der Waals surface area contributed by atoms with Crippen LogP contribution >= 0.6 is 0 Å². The number of hydrogen-bond donors (Lipinski definition) is 5.